The van der Waals surface area contributed by atoms with Crippen LogP contribution in [0.25, 0.3) is 11.2 Å². The van der Waals surface area contributed by atoms with E-state index in [4.69, 9.17) is 0 Å². The number of carbonyl (C=O) groups is 1. The number of hydrogen-bond acceptors (Lipinski definition) is 6. The summed E-state index contributed by atoms with van der Waals surface area (Å²) in [4.78, 5) is 40.5. The highest BCUT2D eigenvalue weighted by Gasteiger charge is 2.27. The number of fused-ring (bicyclic) bond motifs is 1. The van der Waals surface area contributed by atoms with E-state index in [-0.39, 0.29) is 17.4 Å². The summed E-state index contributed by atoms with van der Waals surface area (Å²) < 4.78 is 1.66. The van der Waals surface area contributed by atoms with Gasteiger partial charge in [-0.25, -0.2) is 9.97 Å². The van der Waals surface area contributed by atoms with Gasteiger partial charge >= 0.3 is 0 Å². The first-order valence-electron chi connectivity index (χ1n) is 9.95. The summed E-state index contributed by atoms with van der Waals surface area (Å²) in [6, 6.07) is 9.34. The molecule has 0 bridgehead atoms. The minimum Gasteiger partial charge on any atom is -0.352 e. The molecule has 0 aromatic carbocycles. The van der Waals surface area contributed by atoms with Crippen LogP contribution in [0.15, 0.2) is 47.5 Å². The Bertz CT molecular complexity index is 1060. The molecule has 3 aromatic heterocycles. The zero-order chi connectivity index (χ0) is 20.2. The molecular weight excluding hydrogens is 368 g/mol. The molecule has 8 nitrogen and oxygen atoms in total. The van der Waals surface area contributed by atoms with Gasteiger partial charge in [-0.05, 0) is 44.0 Å². The van der Waals surface area contributed by atoms with E-state index in [0.717, 1.165) is 5.69 Å². The Morgan fingerprint density at radius 2 is 1.93 bits per heavy atom. The van der Waals surface area contributed by atoms with Crippen LogP contribution < -0.4 is 15.8 Å². The van der Waals surface area contributed by atoms with Crippen LogP contribution >= 0.6 is 0 Å². The number of anilines is 1. The molecule has 1 aliphatic rings. The summed E-state index contributed by atoms with van der Waals surface area (Å²) in [7, 11) is 0. The molecule has 150 valence electrons. The summed E-state index contributed by atoms with van der Waals surface area (Å²) >= 11 is 0. The van der Waals surface area contributed by atoms with Gasteiger partial charge in [0.2, 0.25) is 5.91 Å². The molecule has 3 aromatic rings. The van der Waals surface area contributed by atoms with Gasteiger partial charge in [-0.15, -0.1) is 0 Å². The number of piperidine rings is 1. The summed E-state index contributed by atoms with van der Waals surface area (Å²) in [5.74, 6) is 0.419. The van der Waals surface area contributed by atoms with Crippen molar-refractivity contribution in [1.82, 2.24) is 24.8 Å². The van der Waals surface area contributed by atoms with E-state index in [9.17, 15) is 9.59 Å². The SMILES string of the molecule is CCn1c(=O)c(N2CCC(C(=O)NCc3ccccn3)CC2)nc2cccnc21. The molecule has 1 aliphatic heterocycles. The molecule has 4 rings (SSSR count). The van der Waals surface area contributed by atoms with Crippen LogP contribution in [0.2, 0.25) is 0 Å². The molecule has 4 heterocycles. The molecule has 1 N–H and O–H groups in total. The lowest BCUT2D eigenvalue weighted by atomic mass is 9.96. The second kappa shape index (κ2) is 8.38. The van der Waals surface area contributed by atoms with Crippen LogP contribution in [0.5, 0.6) is 0 Å². The van der Waals surface area contributed by atoms with E-state index in [1.54, 1.807) is 17.0 Å². The average Bonchev–Trinajstić information content (AvgIpc) is 2.78. The van der Waals surface area contributed by atoms with E-state index < -0.39 is 0 Å². The Morgan fingerprint density at radius 3 is 2.66 bits per heavy atom. The standard InChI is InChI=1S/C21H24N6O2/c1-2-27-18-17(7-5-11-23-18)25-19(21(27)29)26-12-8-15(9-13-26)20(28)24-14-16-6-3-4-10-22-16/h3-7,10-11,15H,2,8-9,12-14H2,1H3,(H,24,28). The van der Waals surface area contributed by atoms with Crippen molar-refractivity contribution < 1.29 is 4.79 Å². The van der Waals surface area contributed by atoms with E-state index in [0.29, 0.717) is 56.0 Å². The Balaban J connectivity index is 1.44. The van der Waals surface area contributed by atoms with Crippen LogP contribution in [0.1, 0.15) is 25.5 Å². The third-order valence-corrected chi connectivity index (χ3v) is 5.34. The highest BCUT2D eigenvalue weighted by molar-refractivity contribution is 5.79. The summed E-state index contributed by atoms with van der Waals surface area (Å²) in [5.41, 5.74) is 2.02. The van der Waals surface area contributed by atoms with Gasteiger partial charge in [-0.1, -0.05) is 6.07 Å². The molecule has 0 spiro atoms. The third kappa shape index (κ3) is 3.96. The van der Waals surface area contributed by atoms with Crippen molar-refractivity contribution in [2.75, 3.05) is 18.0 Å². The van der Waals surface area contributed by atoms with Gasteiger partial charge in [0.15, 0.2) is 11.5 Å². The predicted molar refractivity (Wildman–Crippen MR) is 110 cm³/mol. The van der Waals surface area contributed by atoms with E-state index >= 15 is 0 Å². The molecule has 8 heteroatoms. The molecule has 0 saturated carbocycles. The van der Waals surface area contributed by atoms with Crippen molar-refractivity contribution >= 4 is 22.9 Å². The number of amides is 1. The van der Waals surface area contributed by atoms with Crippen molar-refractivity contribution in [1.29, 1.82) is 0 Å². The zero-order valence-electron chi connectivity index (χ0n) is 16.4. The van der Waals surface area contributed by atoms with Crippen LogP contribution in [0, 0.1) is 5.92 Å². The largest absolute Gasteiger partial charge is 0.352 e. The lowest BCUT2D eigenvalue weighted by Gasteiger charge is -2.32. The summed E-state index contributed by atoms with van der Waals surface area (Å²) in [5, 5.41) is 2.97. The topological polar surface area (TPSA) is 93.0 Å². The Hall–Kier alpha value is -3.29. The van der Waals surface area contributed by atoms with Crippen molar-refractivity contribution in [3.63, 3.8) is 0 Å². The van der Waals surface area contributed by atoms with Gasteiger partial charge < -0.3 is 10.2 Å². The highest BCUT2D eigenvalue weighted by atomic mass is 16.2. The van der Waals surface area contributed by atoms with E-state index in [2.05, 4.69) is 20.3 Å². The van der Waals surface area contributed by atoms with Gasteiger partial charge in [0, 0.05) is 37.9 Å². The fraction of sp³-hybridized carbons (Fsp3) is 0.381. The Labute approximate surface area is 168 Å². The molecule has 1 saturated heterocycles. The van der Waals surface area contributed by atoms with Crippen molar-refractivity contribution in [3.8, 4) is 0 Å². The van der Waals surface area contributed by atoms with Crippen LogP contribution in [-0.2, 0) is 17.9 Å². The number of carbonyl (C=O) groups excluding carboxylic acids is 1. The predicted octanol–water partition coefficient (Wildman–Crippen LogP) is 1.74. The molecule has 1 amide bonds. The third-order valence-electron chi connectivity index (χ3n) is 5.34. The first kappa shape index (κ1) is 19.0. The van der Waals surface area contributed by atoms with Gasteiger partial charge in [0.1, 0.15) is 5.52 Å². The second-order valence-electron chi connectivity index (χ2n) is 7.13. The molecule has 0 unspecified atom stereocenters. The van der Waals surface area contributed by atoms with Gasteiger partial charge in [0.25, 0.3) is 5.56 Å². The fourth-order valence-electron chi connectivity index (χ4n) is 3.74. The first-order chi connectivity index (χ1) is 14.2. The minimum absolute atomic E-state index is 0.0388. The molecule has 0 aliphatic carbocycles. The van der Waals surface area contributed by atoms with Crippen molar-refractivity contribution in [2.45, 2.75) is 32.9 Å². The number of nitrogens with zero attached hydrogens (tertiary/aromatic N) is 5. The fourth-order valence-corrected chi connectivity index (χ4v) is 3.74. The molecular formula is C21H24N6O2. The molecule has 29 heavy (non-hydrogen) atoms. The second-order valence-corrected chi connectivity index (χ2v) is 7.13. The zero-order valence-corrected chi connectivity index (χ0v) is 16.4. The average molecular weight is 392 g/mol. The summed E-state index contributed by atoms with van der Waals surface area (Å²) in [6.07, 6.45) is 4.76. The van der Waals surface area contributed by atoms with Gasteiger partial charge in [-0.3, -0.25) is 19.1 Å². The van der Waals surface area contributed by atoms with Crippen LogP contribution in [0.3, 0.4) is 0 Å². The van der Waals surface area contributed by atoms with E-state index in [1.165, 1.54) is 0 Å². The summed E-state index contributed by atoms with van der Waals surface area (Å²) in [6.45, 7) is 4.14. The maximum absolute atomic E-state index is 12.9. The Kier molecular flexibility index (Phi) is 5.50. The number of aryl methyl sites for hydroxylation is 1. The van der Waals surface area contributed by atoms with Crippen LogP contribution in [0.4, 0.5) is 5.82 Å². The lowest BCUT2D eigenvalue weighted by molar-refractivity contribution is -0.125. The lowest BCUT2D eigenvalue weighted by Crippen LogP contribution is -2.43. The van der Waals surface area contributed by atoms with E-state index in [1.807, 2.05) is 42.2 Å². The number of hydrogen-bond donors (Lipinski definition) is 1. The number of aromatic nitrogens is 4. The number of nitrogens with one attached hydrogen (secondary N) is 1. The monoisotopic (exact) mass is 392 g/mol. The van der Waals surface area contributed by atoms with Crippen molar-refractivity contribution in [2.24, 2.45) is 5.92 Å². The number of rotatable bonds is 5. The molecule has 0 atom stereocenters. The van der Waals surface area contributed by atoms with Crippen molar-refractivity contribution in [3.05, 3.63) is 58.8 Å². The number of pyridine rings is 2. The molecule has 1 fully saturated rings. The van der Waals surface area contributed by atoms with Crippen LogP contribution in [-0.4, -0.2) is 38.5 Å². The highest BCUT2D eigenvalue weighted by Crippen LogP contribution is 2.21. The van der Waals surface area contributed by atoms with Gasteiger partial charge in [0.05, 0.1) is 12.2 Å². The Morgan fingerprint density at radius 1 is 1.14 bits per heavy atom. The quantitative estimate of drug-likeness (QED) is 0.711. The normalized spacial score (nSPS) is 14.9. The molecule has 0 radical (unpaired) electrons. The minimum atomic E-state index is -0.128. The smallest absolute Gasteiger partial charge is 0.295 e. The maximum atomic E-state index is 12.9. The maximum Gasteiger partial charge on any atom is 0.295 e. The van der Waals surface area contributed by atoms with Gasteiger partial charge in [-0.2, -0.15) is 0 Å². The first-order valence-corrected chi connectivity index (χ1v) is 9.95.